The molecule has 5 N–H and O–H groups in total. The average molecular weight is 710 g/mol. The van der Waals surface area contributed by atoms with Crippen LogP contribution in [0.25, 0.3) is 10.9 Å². The molecule has 13 heteroatoms. The van der Waals surface area contributed by atoms with Crippen molar-refractivity contribution < 1.29 is 43.6 Å². The molecule has 7 rings (SSSR count). The number of halogens is 2. The van der Waals surface area contributed by atoms with E-state index in [2.05, 4.69) is 5.32 Å². The van der Waals surface area contributed by atoms with E-state index >= 15 is 8.78 Å². The number of carbonyl (C=O) groups excluding carboxylic acids is 2. The maximum absolute atomic E-state index is 17.7. The first-order valence-electron chi connectivity index (χ1n) is 17.8. The number of carbonyl (C=O) groups is 3. The molecule has 9 atom stereocenters. The summed E-state index contributed by atoms with van der Waals surface area (Å²) in [6.07, 6.45) is 0.704. The van der Waals surface area contributed by atoms with Crippen LogP contribution in [0.15, 0.2) is 40.7 Å². The minimum atomic E-state index is -2.37. The number of aromatic carboxylic acids is 1. The Hall–Kier alpha value is -3.78. The number of piperazine rings is 1. The van der Waals surface area contributed by atoms with E-state index in [1.165, 1.54) is 28.9 Å². The molecule has 51 heavy (non-hydrogen) atoms. The predicted octanol–water partition coefficient (Wildman–Crippen LogP) is 3.22. The van der Waals surface area contributed by atoms with Crippen molar-refractivity contribution in [1.29, 1.82) is 0 Å². The van der Waals surface area contributed by atoms with Gasteiger partial charge in [0.1, 0.15) is 17.0 Å². The van der Waals surface area contributed by atoms with Gasteiger partial charge in [0.25, 0.3) is 0 Å². The van der Waals surface area contributed by atoms with Crippen LogP contribution in [0.2, 0.25) is 0 Å². The first-order valence-corrected chi connectivity index (χ1v) is 17.8. The Balaban J connectivity index is 1.34. The number of fused-ring (bicyclic) bond motifs is 6. The standard InChI is InChI=1S/C38H45F2N3O8/c1-5-43-26-17-27(42-12-10-41-11-13-42)25(39)16-22(26)31(46)29(34(49)50)30(43)32(47)33(48)38(51)19(2)14-24-23-7-6-20-15-21(44)8-9-35(20,3)37(23,40)28(45)18-36(24,38)4/h8-9,15-17,19,23-24,28,32,41,45,47,51H,5-7,10-14,18H2,1-4H3,(H,49,50)/t19-,23+,24+,28?,32?,35+,36+,37?,38+/m1/s1. The summed E-state index contributed by atoms with van der Waals surface area (Å²) in [6.45, 7) is 8.63. The Labute approximate surface area is 293 Å². The number of benzene rings is 1. The van der Waals surface area contributed by atoms with Crippen molar-refractivity contribution in [1.82, 2.24) is 9.88 Å². The van der Waals surface area contributed by atoms with Gasteiger partial charge in [-0.3, -0.25) is 14.4 Å². The average Bonchev–Trinajstić information content (AvgIpc) is 3.29. The Morgan fingerprint density at radius 3 is 2.47 bits per heavy atom. The highest BCUT2D eigenvalue weighted by molar-refractivity contribution is 6.01. The number of anilines is 1. The molecule has 1 aromatic heterocycles. The number of hydrogen-bond donors (Lipinski definition) is 5. The zero-order chi connectivity index (χ0) is 37.0. The van der Waals surface area contributed by atoms with Crippen LogP contribution in [0.3, 0.4) is 0 Å². The highest BCUT2D eigenvalue weighted by Gasteiger charge is 2.76. The molecule has 0 bridgehead atoms. The smallest absolute Gasteiger partial charge is 0.341 e. The minimum Gasteiger partial charge on any atom is -0.477 e. The third kappa shape index (κ3) is 4.60. The maximum atomic E-state index is 17.7. The Morgan fingerprint density at radius 1 is 1.14 bits per heavy atom. The van der Waals surface area contributed by atoms with Gasteiger partial charge in [-0.1, -0.05) is 25.5 Å². The van der Waals surface area contributed by atoms with Gasteiger partial charge in [-0.15, -0.1) is 0 Å². The summed E-state index contributed by atoms with van der Waals surface area (Å²) in [4.78, 5) is 55.3. The van der Waals surface area contributed by atoms with Gasteiger partial charge in [0.15, 0.2) is 23.3 Å². The second-order valence-electron chi connectivity index (χ2n) is 15.6. The van der Waals surface area contributed by atoms with Gasteiger partial charge in [0.2, 0.25) is 5.43 Å². The van der Waals surface area contributed by atoms with Crippen molar-refractivity contribution in [3.63, 3.8) is 0 Å². The van der Waals surface area contributed by atoms with Crippen molar-refractivity contribution in [3.05, 3.63) is 63.2 Å². The number of allylic oxidation sites excluding steroid dienone is 4. The predicted molar refractivity (Wildman–Crippen MR) is 184 cm³/mol. The summed E-state index contributed by atoms with van der Waals surface area (Å²) in [5.41, 5.74) is -9.01. The van der Waals surface area contributed by atoms with E-state index in [0.29, 0.717) is 38.2 Å². The molecule has 1 aliphatic heterocycles. The number of Topliss-reactive ketones (excluding diaryl/α,β-unsaturated/α-hetero) is 1. The summed E-state index contributed by atoms with van der Waals surface area (Å²) < 4.78 is 34.5. The molecule has 4 fully saturated rings. The van der Waals surface area contributed by atoms with E-state index in [-0.39, 0.29) is 48.2 Å². The number of hydrogen-bond acceptors (Lipinski definition) is 9. The number of aromatic nitrogens is 1. The molecule has 2 aromatic rings. The summed E-state index contributed by atoms with van der Waals surface area (Å²) in [5.74, 6) is -6.18. The third-order valence-electron chi connectivity index (χ3n) is 13.5. The van der Waals surface area contributed by atoms with Gasteiger partial charge in [0, 0.05) is 54.9 Å². The largest absolute Gasteiger partial charge is 0.477 e. The van der Waals surface area contributed by atoms with Crippen LogP contribution in [0.4, 0.5) is 14.5 Å². The van der Waals surface area contributed by atoms with E-state index in [1.54, 1.807) is 32.6 Å². The topological polar surface area (TPSA) is 169 Å². The molecule has 0 amide bonds. The molecule has 3 unspecified atom stereocenters. The molecule has 3 saturated carbocycles. The molecule has 4 aliphatic carbocycles. The SMILES string of the molecule is CCn1c(C(O)C(=O)[C@@]2(O)[C@H](C)C[C@H]3[C@@H]4CCC5=CC(=O)C=C[C@]5(C)C4(F)C(O)C[C@@]32C)c(C(=O)O)c(=O)c2cc(F)c(N3CCNCC3)cc21. The lowest BCUT2D eigenvalue weighted by atomic mass is 9.44. The van der Waals surface area contributed by atoms with E-state index < -0.39 is 86.3 Å². The molecule has 2 heterocycles. The van der Waals surface area contributed by atoms with Crippen molar-refractivity contribution in [3.8, 4) is 0 Å². The third-order valence-corrected chi connectivity index (χ3v) is 13.5. The monoisotopic (exact) mass is 709 g/mol. The highest BCUT2D eigenvalue weighted by atomic mass is 19.1. The Kier molecular flexibility index (Phi) is 8.29. The number of nitrogens with zero attached hydrogens (tertiary/aromatic N) is 2. The summed E-state index contributed by atoms with van der Waals surface area (Å²) >= 11 is 0. The van der Waals surface area contributed by atoms with Crippen LogP contribution < -0.4 is 15.6 Å². The lowest BCUT2D eigenvalue weighted by molar-refractivity contribution is -0.221. The van der Waals surface area contributed by atoms with Gasteiger partial charge in [-0.2, -0.15) is 0 Å². The number of carboxylic acids is 1. The number of rotatable bonds is 6. The molecular weight excluding hydrogens is 664 g/mol. The van der Waals surface area contributed by atoms with E-state index in [0.717, 1.165) is 6.07 Å². The maximum Gasteiger partial charge on any atom is 0.341 e. The van der Waals surface area contributed by atoms with Gasteiger partial charge < -0.3 is 35.2 Å². The van der Waals surface area contributed by atoms with E-state index in [9.17, 15) is 39.6 Å². The number of pyridine rings is 1. The second-order valence-corrected chi connectivity index (χ2v) is 15.6. The number of aliphatic hydroxyl groups excluding tert-OH is 2. The summed E-state index contributed by atoms with van der Waals surface area (Å²) in [6, 6.07) is 2.41. The lowest BCUT2D eigenvalue weighted by Crippen LogP contribution is -2.69. The number of nitrogens with one attached hydrogen (secondary N) is 1. The number of alkyl halides is 1. The van der Waals surface area contributed by atoms with Crippen LogP contribution in [-0.4, -0.2) is 86.1 Å². The quantitative estimate of drug-likeness (QED) is 0.300. The second kappa shape index (κ2) is 11.9. The fraction of sp³-hybridized carbons (Fsp3) is 0.579. The molecule has 1 saturated heterocycles. The number of aryl methyl sites for hydroxylation is 1. The van der Waals surface area contributed by atoms with E-state index in [1.807, 2.05) is 0 Å². The van der Waals surface area contributed by atoms with Crippen molar-refractivity contribution >= 4 is 34.1 Å². The first-order chi connectivity index (χ1) is 24.0. The van der Waals surface area contributed by atoms with Crippen molar-refractivity contribution in [2.45, 2.75) is 83.4 Å². The van der Waals surface area contributed by atoms with Crippen molar-refractivity contribution in [2.75, 3.05) is 31.1 Å². The number of carboxylic acid groups (broad SMARTS) is 1. The molecule has 0 radical (unpaired) electrons. The molecule has 274 valence electrons. The normalized spacial score (nSPS) is 36.7. The molecule has 5 aliphatic rings. The van der Waals surface area contributed by atoms with Gasteiger partial charge in [-0.25, -0.2) is 13.6 Å². The zero-order valence-corrected chi connectivity index (χ0v) is 29.2. The minimum absolute atomic E-state index is 0.0210. The molecular formula is C38H45F2N3O8. The first kappa shape index (κ1) is 35.6. The summed E-state index contributed by atoms with van der Waals surface area (Å²) in [7, 11) is 0. The number of aliphatic hydroxyl groups is 3. The van der Waals surface area contributed by atoms with Crippen molar-refractivity contribution in [2.24, 2.45) is 28.6 Å². The lowest BCUT2D eigenvalue weighted by Gasteiger charge is -2.62. The van der Waals surface area contributed by atoms with Gasteiger partial charge >= 0.3 is 5.97 Å². The van der Waals surface area contributed by atoms with E-state index in [4.69, 9.17) is 0 Å². The molecule has 11 nitrogen and oxygen atoms in total. The fourth-order valence-corrected chi connectivity index (χ4v) is 10.9. The van der Waals surface area contributed by atoms with Crippen LogP contribution in [-0.2, 0) is 16.1 Å². The number of ketones is 2. The van der Waals surface area contributed by atoms with Gasteiger partial charge in [0.05, 0.1) is 23.0 Å². The van der Waals surface area contributed by atoms with Crippen LogP contribution in [0.1, 0.15) is 75.5 Å². The summed E-state index contributed by atoms with van der Waals surface area (Å²) in [5, 5.41) is 49.7. The van der Waals surface area contributed by atoms with Crippen LogP contribution in [0.5, 0.6) is 0 Å². The fourth-order valence-electron chi connectivity index (χ4n) is 10.9. The highest BCUT2D eigenvalue weighted by Crippen LogP contribution is 2.71. The van der Waals surface area contributed by atoms with Crippen LogP contribution >= 0.6 is 0 Å². The Morgan fingerprint density at radius 2 is 1.82 bits per heavy atom. The Bertz CT molecular complexity index is 1990. The molecule has 1 aromatic carbocycles. The van der Waals surface area contributed by atoms with Gasteiger partial charge in [-0.05, 0) is 75.7 Å². The molecule has 0 spiro atoms. The zero-order valence-electron chi connectivity index (χ0n) is 29.2. The van der Waals surface area contributed by atoms with Crippen LogP contribution in [0, 0.1) is 34.4 Å².